The maximum atomic E-state index is 14.0. The highest BCUT2D eigenvalue weighted by Gasteiger charge is 2.22. The molecule has 3 N–H and O–H groups in total. The fraction of sp³-hybridized carbons (Fsp3) is 0.107. The molecule has 2 aromatic carbocycles. The number of hydrogen-bond donors (Lipinski definition) is 3. The first-order chi connectivity index (χ1) is 17.9. The minimum Gasteiger partial charge on any atom is -0.360 e. The minimum atomic E-state index is -0.707. The van der Waals surface area contributed by atoms with Crippen molar-refractivity contribution < 1.29 is 13.6 Å². The summed E-state index contributed by atoms with van der Waals surface area (Å²) in [5, 5.41) is 3.56. The Morgan fingerprint density at radius 3 is 2.54 bits per heavy atom. The first kappa shape index (κ1) is 24.4. The van der Waals surface area contributed by atoms with Gasteiger partial charge in [0.05, 0.1) is 29.2 Å². The van der Waals surface area contributed by atoms with Gasteiger partial charge in [-0.25, -0.2) is 8.78 Å². The van der Waals surface area contributed by atoms with Crippen LogP contribution in [-0.4, -0.2) is 20.9 Å². The van der Waals surface area contributed by atoms with Gasteiger partial charge in [-0.1, -0.05) is 29.8 Å². The number of carbonyl (C=O) groups is 1. The maximum absolute atomic E-state index is 14.0. The van der Waals surface area contributed by atoms with E-state index in [0.29, 0.717) is 32.9 Å². The third-order valence-electron chi connectivity index (χ3n) is 6.01. The summed E-state index contributed by atoms with van der Waals surface area (Å²) in [6.45, 7) is 0. The molecule has 0 saturated carbocycles. The quantitative estimate of drug-likeness (QED) is 0.266. The highest BCUT2D eigenvalue weighted by Crippen LogP contribution is 2.30. The number of benzene rings is 2. The molecule has 0 unspecified atom stereocenters. The lowest BCUT2D eigenvalue weighted by Crippen LogP contribution is -2.32. The molecule has 0 aliphatic heterocycles. The van der Waals surface area contributed by atoms with Crippen molar-refractivity contribution in [3.63, 3.8) is 0 Å². The van der Waals surface area contributed by atoms with Gasteiger partial charge in [0, 0.05) is 40.7 Å². The van der Waals surface area contributed by atoms with Crippen LogP contribution in [-0.2, 0) is 17.6 Å². The van der Waals surface area contributed by atoms with Gasteiger partial charge in [-0.3, -0.25) is 14.6 Å². The molecule has 5 aromatic rings. The molecule has 37 heavy (non-hydrogen) atoms. The van der Waals surface area contributed by atoms with Crippen molar-refractivity contribution in [2.24, 2.45) is 0 Å². The van der Waals surface area contributed by atoms with E-state index in [4.69, 9.17) is 11.6 Å². The van der Waals surface area contributed by atoms with Crippen LogP contribution in [0, 0.1) is 11.6 Å². The Labute approximate surface area is 215 Å². The van der Waals surface area contributed by atoms with Crippen LogP contribution in [0.15, 0.2) is 83.9 Å². The number of H-pyrrole nitrogens is 2. The molecule has 186 valence electrons. The Hall–Kier alpha value is -4.30. The van der Waals surface area contributed by atoms with E-state index in [-0.39, 0.29) is 24.3 Å². The van der Waals surface area contributed by atoms with E-state index >= 15 is 0 Å². The summed E-state index contributed by atoms with van der Waals surface area (Å²) in [5.41, 5.74) is 4.06. The molecule has 9 heteroatoms. The summed E-state index contributed by atoms with van der Waals surface area (Å²) in [4.78, 5) is 35.3. The maximum Gasteiger partial charge on any atom is 0.248 e. The van der Waals surface area contributed by atoms with Crippen molar-refractivity contribution in [2.45, 2.75) is 18.9 Å². The van der Waals surface area contributed by atoms with Crippen LogP contribution in [0.1, 0.15) is 22.9 Å². The summed E-state index contributed by atoms with van der Waals surface area (Å²) in [6, 6.07) is 16.4. The average Bonchev–Trinajstić information content (AvgIpc) is 3.25. The van der Waals surface area contributed by atoms with E-state index in [0.717, 1.165) is 17.2 Å². The van der Waals surface area contributed by atoms with Crippen molar-refractivity contribution in [1.29, 1.82) is 0 Å². The fourth-order valence-corrected chi connectivity index (χ4v) is 4.52. The summed E-state index contributed by atoms with van der Waals surface area (Å²) in [5.74, 6) is -1.76. The number of halogens is 3. The van der Waals surface area contributed by atoms with Crippen molar-refractivity contribution in [1.82, 2.24) is 20.3 Å². The number of carbonyl (C=O) groups excluding carboxylic acids is 1. The van der Waals surface area contributed by atoms with Gasteiger partial charge >= 0.3 is 0 Å². The standard InChI is InChI=1S/C28H21ClF2N4O2/c29-19-5-3-17(4-6-19)22-2-1-9-32-28(22)24(12-16-10-20(30)14-21(31)11-16)34-26(37)13-18-15-33-23-7-8-25(36)35-27(18)23/h1-11,14-15,24,33H,12-13H2,(H,34,37)(H,35,36)/t24-/m0/s1. The van der Waals surface area contributed by atoms with Crippen molar-refractivity contribution in [3.8, 4) is 11.1 Å². The third-order valence-corrected chi connectivity index (χ3v) is 6.27. The highest BCUT2D eigenvalue weighted by atomic mass is 35.5. The molecule has 1 amide bonds. The molecule has 3 aromatic heterocycles. The molecule has 5 rings (SSSR count). The number of nitrogens with zero attached hydrogens (tertiary/aromatic N) is 1. The van der Waals surface area contributed by atoms with Crippen LogP contribution in [0.4, 0.5) is 8.78 Å². The van der Waals surface area contributed by atoms with E-state index in [1.54, 1.807) is 36.7 Å². The molecule has 0 bridgehead atoms. The van der Waals surface area contributed by atoms with E-state index in [9.17, 15) is 18.4 Å². The Morgan fingerprint density at radius 1 is 1.03 bits per heavy atom. The van der Waals surface area contributed by atoms with Crippen molar-refractivity contribution in [2.75, 3.05) is 0 Å². The molecule has 0 fully saturated rings. The zero-order valence-corrected chi connectivity index (χ0v) is 20.2. The number of pyridine rings is 2. The molecule has 0 aliphatic carbocycles. The summed E-state index contributed by atoms with van der Waals surface area (Å²) >= 11 is 6.06. The minimum absolute atomic E-state index is 0.0307. The number of amides is 1. The van der Waals surface area contributed by atoms with Gasteiger partial charge in [0.25, 0.3) is 0 Å². The van der Waals surface area contributed by atoms with Crippen LogP contribution in [0.2, 0.25) is 5.02 Å². The first-order valence-corrected chi connectivity index (χ1v) is 11.9. The summed E-state index contributed by atoms with van der Waals surface area (Å²) in [7, 11) is 0. The lowest BCUT2D eigenvalue weighted by atomic mass is 9.95. The number of nitrogens with one attached hydrogen (secondary N) is 3. The van der Waals surface area contributed by atoms with Crippen LogP contribution >= 0.6 is 11.6 Å². The van der Waals surface area contributed by atoms with Crippen LogP contribution in [0.3, 0.4) is 0 Å². The van der Waals surface area contributed by atoms with Gasteiger partial charge in [0.1, 0.15) is 11.6 Å². The van der Waals surface area contributed by atoms with Crippen LogP contribution < -0.4 is 10.9 Å². The smallest absolute Gasteiger partial charge is 0.248 e. The van der Waals surface area contributed by atoms with E-state index in [2.05, 4.69) is 20.3 Å². The number of aromatic nitrogens is 3. The summed E-state index contributed by atoms with van der Waals surface area (Å²) in [6.07, 6.45) is 3.33. The highest BCUT2D eigenvalue weighted by molar-refractivity contribution is 6.30. The van der Waals surface area contributed by atoms with Crippen molar-refractivity contribution >= 4 is 28.5 Å². The second kappa shape index (κ2) is 10.4. The van der Waals surface area contributed by atoms with Gasteiger partial charge in [0.2, 0.25) is 11.5 Å². The van der Waals surface area contributed by atoms with Crippen molar-refractivity contribution in [3.05, 3.63) is 123 Å². The first-order valence-electron chi connectivity index (χ1n) is 11.5. The molecule has 3 heterocycles. The largest absolute Gasteiger partial charge is 0.360 e. The fourth-order valence-electron chi connectivity index (χ4n) is 4.39. The van der Waals surface area contributed by atoms with Gasteiger partial charge in [-0.2, -0.15) is 0 Å². The Bertz CT molecular complexity index is 1630. The number of aromatic amines is 2. The van der Waals surface area contributed by atoms with Crippen LogP contribution in [0.25, 0.3) is 22.2 Å². The number of rotatable bonds is 7. The SMILES string of the molecule is O=C(Cc1c[nH]c2ccc(=O)[nH]c12)N[C@@H](Cc1cc(F)cc(F)c1)c1ncccc1-c1ccc(Cl)cc1. The second-order valence-corrected chi connectivity index (χ2v) is 9.08. The van der Waals surface area contributed by atoms with E-state index in [1.807, 2.05) is 18.2 Å². The number of hydrogen-bond acceptors (Lipinski definition) is 3. The normalized spacial score (nSPS) is 12.0. The predicted molar refractivity (Wildman–Crippen MR) is 138 cm³/mol. The van der Waals surface area contributed by atoms with Gasteiger partial charge < -0.3 is 15.3 Å². The average molecular weight is 519 g/mol. The lowest BCUT2D eigenvalue weighted by molar-refractivity contribution is -0.121. The predicted octanol–water partition coefficient (Wildman–Crippen LogP) is 5.49. The molecule has 1 atom stereocenters. The van der Waals surface area contributed by atoms with Gasteiger partial charge in [0.15, 0.2) is 0 Å². The molecule has 0 spiro atoms. The molecule has 0 saturated heterocycles. The monoisotopic (exact) mass is 518 g/mol. The molecule has 0 radical (unpaired) electrons. The summed E-state index contributed by atoms with van der Waals surface area (Å²) < 4.78 is 27.9. The molecular formula is C28H21ClF2N4O2. The molecule has 6 nitrogen and oxygen atoms in total. The van der Waals surface area contributed by atoms with Crippen LogP contribution in [0.5, 0.6) is 0 Å². The third kappa shape index (κ3) is 5.59. The zero-order valence-electron chi connectivity index (χ0n) is 19.4. The van der Waals surface area contributed by atoms with E-state index in [1.165, 1.54) is 18.2 Å². The topological polar surface area (TPSA) is 90.6 Å². The molecular weight excluding hydrogens is 498 g/mol. The zero-order chi connectivity index (χ0) is 25.9. The Balaban J connectivity index is 1.50. The molecule has 0 aliphatic rings. The second-order valence-electron chi connectivity index (χ2n) is 8.65. The number of fused-ring (bicyclic) bond motifs is 1. The van der Waals surface area contributed by atoms with Gasteiger partial charge in [-0.05, 0) is 53.9 Å². The Kier molecular flexibility index (Phi) is 6.83. The van der Waals surface area contributed by atoms with E-state index < -0.39 is 17.7 Å². The van der Waals surface area contributed by atoms with Gasteiger partial charge in [-0.15, -0.1) is 0 Å². The Morgan fingerprint density at radius 2 is 1.78 bits per heavy atom. The lowest BCUT2D eigenvalue weighted by Gasteiger charge is -2.21.